The van der Waals surface area contributed by atoms with Crippen molar-refractivity contribution >= 4 is 5.69 Å². The smallest absolute Gasteiger partial charge is 0.143 e. The molecule has 3 aromatic rings. The zero-order valence-corrected chi connectivity index (χ0v) is 16.3. The highest BCUT2D eigenvalue weighted by Crippen LogP contribution is 2.37. The van der Waals surface area contributed by atoms with E-state index in [0.29, 0.717) is 13.2 Å². The summed E-state index contributed by atoms with van der Waals surface area (Å²) < 4.78 is 19.9. The number of para-hydroxylation sites is 1. The highest BCUT2D eigenvalue weighted by molar-refractivity contribution is 5.65. The third-order valence-electron chi connectivity index (χ3n) is 5.36. The first kappa shape index (κ1) is 18.5. The van der Waals surface area contributed by atoms with E-state index in [0.717, 1.165) is 42.8 Å². The van der Waals surface area contributed by atoms with E-state index in [9.17, 15) is 4.39 Å². The summed E-state index contributed by atoms with van der Waals surface area (Å²) in [4.78, 5) is 2.32. The van der Waals surface area contributed by atoms with Crippen molar-refractivity contribution in [1.82, 2.24) is 0 Å². The van der Waals surface area contributed by atoms with Crippen molar-refractivity contribution in [3.8, 4) is 5.75 Å². The van der Waals surface area contributed by atoms with E-state index in [-0.39, 0.29) is 5.82 Å². The summed E-state index contributed by atoms with van der Waals surface area (Å²) >= 11 is 0. The molecule has 0 fully saturated rings. The van der Waals surface area contributed by atoms with E-state index in [1.165, 1.54) is 22.8 Å². The highest BCUT2D eigenvalue weighted by Gasteiger charge is 2.21. The van der Waals surface area contributed by atoms with E-state index in [1.807, 2.05) is 12.1 Å². The zero-order valence-electron chi connectivity index (χ0n) is 16.3. The third kappa shape index (κ3) is 4.19. The van der Waals surface area contributed by atoms with Gasteiger partial charge in [-0.2, -0.15) is 0 Å². The maximum absolute atomic E-state index is 13.6. The van der Waals surface area contributed by atoms with Crippen LogP contribution in [0.5, 0.6) is 5.75 Å². The monoisotopic (exact) mass is 375 g/mol. The number of benzene rings is 3. The SMILES string of the molecule is CCc1ccc(COc2cccc3c2N(Cc2cccc(F)c2)CCC3)cc1. The fourth-order valence-corrected chi connectivity index (χ4v) is 3.86. The van der Waals surface area contributed by atoms with E-state index in [1.54, 1.807) is 12.1 Å². The number of halogens is 1. The molecule has 1 aliphatic rings. The van der Waals surface area contributed by atoms with Crippen LogP contribution in [0.3, 0.4) is 0 Å². The number of hydrogen-bond acceptors (Lipinski definition) is 2. The van der Waals surface area contributed by atoms with Gasteiger partial charge in [0.05, 0.1) is 5.69 Å². The Morgan fingerprint density at radius 2 is 1.71 bits per heavy atom. The van der Waals surface area contributed by atoms with Gasteiger partial charge in [0.15, 0.2) is 0 Å². The van der Waals surface area contributed by atoms with Gasteiger partial charge in [-0.25, -0.2) is 4.39 Å². The molecule has 4 rings (SSSR count). The van der Waals surface area contributed by atoms with Crippen molar-refractivity contribution in [3.05, 3.63) is 94.8 Å². The average Bonchev–Trinajstić information content (AvgIpc) is 2.73. The Hall–Kier alpha value is -2.81. The van der Waals surface area contributed by atoms with Crippen LogP contribution in [0.2, 0.25) is 0 Å². The molecule has 1 heterocycles. The van der Waals surface area contributed by atoms with Crippen LogP contribution in [0.1, 0.15) is 35.6 Å². The molecule has 0 unspecified atom stereocenters. The maximum Gasteiger partial charge on any atom is 0.143 e. The molecule has 0 radical (unpaired) electrons. The second-order valence-corrected chi connectivity index (χ2v) is 7.38. The number of nitrogens with zero attached hydrogens (tertiary/aromatic N) is 1. The van der Waals surface area contributed by atoms with Gasteiger partial charge in [0.1, 0.15) is 18.2 Å². The molecular formula is C25H26FNO. The van der Waals surface area contributed by atoms with Crippen LogP contribution in [0.4, 0.5) is 10.1 Å². The van der Waals surface area contributed by atoms with Gasteiger partial charge >= 0.3 is 0 Å². The number of anilines is 1. The fraction of sp³-hybridized carbons (Fsp3) is 0.280. The molecule has 0 saturated carbocycles. The van der Waals surface area contributed by atoms with Gasteiger partial charge in [-0.3, -0.25) is 0 Å². The van der Waals surface area contributed by atoms with E-state index < -0.39 is 0 Å². The molecule has 3 aromatic carbocycles. The lowest BCUT2D eigenvalue weighted by molar-refractivity contribution is 0.305. The largest absolute Gasteiger partial charge is 0.487 e. The maximum atomic E-state index is 13.6. The van der Waals surface area contributed by atoms with E-state index >= 15 is 0 Å². The molecule has 0 bridgehead atoms. The highest BCUT2D eigenvalue weighted by atomic mass is 19.1. The lowest BCUT2D eigenvalue weighted by Crippen LogP contribution is -2.29. The standard InChI is InChI=1S/C25H26FNO/c1-2-19-11-13-20(14-12-19)18-28-24-10-4-7-22-8-5-15-27(25(22)24)17-21-6-3-9-23(26)16-21/h3-4,6-7,9-14,16H,2,5,8,15,17-18H2,1H3. The Kier molecular flexibility index (Phi) is 5.61. The van der Waals surface area contributed by atoms with Crippen LogP contribution >= 0.6 is 0 Å². The van der Waals surface area contributed by atoms with Crippen LogP contribution in [0.15, 0.2) is 66.7 Å². The number of fused-ring (bicyclic) bond motifs is 1. The first-order chi connectivity index (χ1) is 13.7. The van der Waals surface area contributed by atoms with Gasteiger partial charge in [0.2, 0.25) is 0 Å². The Morgan fingerprint density at radius 1 is 0.929 bits per heavy atom. The molecule has 0 saturated heterocycles. The van der Waals surface area contributed by atoms with Gasteiger partial charge in [0.25, 0.3) is 0 Å². The lowest BCUT2D eigenvalue weighted by atomic mass is 10.00. The quantitative estimate of drug-likeness (QED) is 0.530. The predicted molar refractivity (Wildman–Crippen MR) is 112 cm³/mol. The summed E-state index contributed by atoms with van der Waals surface area (Å²) in [6.45, 7) is 4.36. The summed E-state index contributed by atoms with van der Waals surface area (Å²) in [5.74, 6) is 0.725. The minimum Gasteiger partial charge on any atom is -0.487 e. The minimum atomic E-state index is -0.185. The van der Waals surface area contributed by atoms with Crippen molar-refractivity contribution < 1.29 is 9.13 Å². The van der Waals surface area contributed by atoms with Gasteiger partial charge < -0.3 is 9.64 Å². The molecule has 0 aromatic heterocycles. The summed E-state index contributed by atoms with van der Waals surface area (Å²) in [5, 5.41) is 0. The van der Waals surface area contributed by atoms with Crippen LogP contribution in [-0.4, -0.2) is 6.54 Å². The Bertz CT molecular complexity index is 936. The fourth-order valence-electron chi connectivity index (χ4n) is 3.86. The second kappa shape index (κ2) is 8.47. The van der Waals surface area contributed by atoms with Crippen LogP contribution < -0.4 is 9.64 Å². The average molecular weight is 375 g/mol. The molecule has 1 aliphatic heterocycles. The molecular weight excluding hydrogens is 349 g/mol. The van der Waals surface area contributed by atoms with Crippen LogP contribution in [0.25, 0.3) is 0 Å². The van der Waals surface area contributed by atoms with E-state index in [4.69, 9.17) is 4.74 Å². The predicted octanol–water partition coefficient (Wildman–Crippen LogP) is 5.92. The molecule has 0 spiro atoms. The zero-order chi connectivity index (χ0) is 19.3. The minimum absolute atomic E-state index is 0.185. The van der Waals surface area contributed by atoms with Crippen LogP contribution in [0, 0.1) is 5.82 Å². The molecule has 0 atom stereocenters. The molecule has 0 amide bonds. The Morgan fingerprint density at radius 3 is 2.50 bits per heavy atom. The number of rotatable bonds is 6. The van der Waals surface area contributed by atoms with Gasteiger partial charge in [-0.05, 0) is 59.7 Å². The van der Waals surface area contributed by atoms with Gasteiger partial charge in [-0.1, -0.05) is 55.5 Å². The van der Waals surface area contributed by atoms with Crippen molar-refractivity contribution in [2.24, 2.45) is 0 Å². The molecule has 3 heteroatoms. The summed E-state index contributed by atoms with van der Waals surface area (Å²) in [6.07, 6.45) is 3.20. The van der Waals surface area contributed by atoms with Crippen molar-refractivity contribution in [2.75, 3.05) is 11.4 Å². The summed E-state index contributed by atoms with van der Waals surface area (Å²) in [7, 11) is 0. The molecule has 144 valence electrons. The van der Waals surface area contributed by atoms with Gasteiger partial charge in [0, 0.05) is 13.1 Å². The Balaban J connectivity index is 1.55. The van der Waals surface area contributed by atoms with Gasteiger partial charge in [-0.15, -0.1) is 0 Å². The number of aryl methyl sites for hydroxylation is 2. The molecule has 2 nitrogen and oxygen atoms in total. The molecule has 0 N–H and O–H groups in total. The second-order valence-electron chi connectivity index (χ2n) is 7.38. The molecule has 28 heavy (non-hydrogen) atoms. The van der Waals surface area contributed by atoms with Crippen molar-refractivity contribution in [2.45, 2.75) is 39.3 Å². The third-order valence-corrected chi connectivity index (χ3v) is 5.36. The topological polar surface area (TPSA) is 12.5 Å². The molecule has 0 aliphatic carbocycles. The normalized spacial score (nSPS) is 13.3. The van der Waals surface area contributed by atoms with Crippen molar-refractivity contribution in [1.29, 1.82) is 0 Å². The van der Waals surface area contributed by atoms with Crippen LogP contribution in [-0.2, 0) is 26.0 Å². The summed E-state index contributed by atoms with van der Waals surface area (Å²) in [6, 6.07) is 21.8. The number of hydrogen-bond donors (Lipinski definition) is 0. The Labute approximate surface area is 166 Å². The first-order valence-electron chi connectivity index (χ1n) is 10.0. The number of ether oxygens (including phenoxy) is 1. The first-order valence-corrected chi connectivity index (χ1v) is 10.0. The van der Waals surface area contributed by atoms with E-state index in [2.05, 4.69) is 48.2 Å². The van der Waals surface area contributed by atoms with Crippen molar-refractivity contribution in [3.63, 3.8) is 0 Å². The lowest BCUT2D eigenvalue weighted by Gasteiger charge is -2.33. The summed E-state index contributed by atoms with van der Waals surface area (Å²) in [5.41, 5.74) is 5.95.